The Labute approximate surface area is 144 Å². The Bertz CT molecular complexity index is 834. The maximum Gasteiger partial charge on any atom is 0.259 e. The molecular formula is C19H15NO5-2. The first-order valence-corrected chi connectivity index (χ1v) is 7.86. The molecule has 0 radical (unpaired) electrons. The van der Waals surface area contributed by atoms with Gasteiger partial charge < -0.3 is 19.8 Å². The van der Waals surface area contributed by atoms with Gasteiger partial charge in [-0.3, -0.25) is 9.69 Å². The predicted octanol–water partition coefficient (Wildman–Crippen LogP) is 0.0683. The number of hydrogen-bond donors (Lipinski definition) is 0. The van der Waals surface area contributed by atoms with Crippen LogP contribution in [-0.2, 0) is 15.1 Å². The average Bonchev–Trinajstić information content (AvgIpc) is 2.85. The Morgan fingerprint density at radius 3 is 2.12 bits per heavy atom. The normalized spacial score (nSPS) is 19.1. The van der Waals surface area contributed by atoms with Crippen LogP contribution in [0.3, 0.4) is 0 Å². The maximum absolute atomic E-state index is 13.0. The molecule has 128 valence electrons. The van der Waals surface area contributed by atoms with E-state index < -0.39 is 29.3 Å². The summed E-state index contributed by atoms with van der Waals surface area (Å²) in [6, 6.07) is 14.8. The number of fused-ring (bicyclic) bond motifs is 1. The summed E-state index contributed by atoms with van der Waals surface area (Å²) in [5.74, 6) is -6.03. The lowest BCUT2D eigenvalue weighted by molar-refractivity contribution is -0.335. The number of carbonyl (C=O) groups is 3. The van der Waals surface area contributed by atoms with E-state index in [1.165, 1.54) is 4.90 Å². The molecule has 0 aliphatic carbocycles. The highest BCUT2D eigenvalue weighted by Crippen LogP contribution is 2.48. The zero-order valence-electron chi connectivity index (χ0n) is 13.5. The van der Waals surface area contributed by atoms with Crippen LogP contribution in [0.25, 0.3) is 0 Å². The minimum absolute atomic E-state index is 0.0667. The number of aliphatic carboxylic acids is 2. The monoisotopic (exact) mass is 337 g/mol. The zero-order valence-corrected chi connectivity index (χ0v) is 13.5. The van der Waals surface area contributed by atoms with Gasteiger partial charge in [-0.1, -0.05) is 43.3 Å². The molecule has 0 spiro atoms. The zero-order chi connectivity index (χ0) is 18.2. The summed E-state index contributed by atoms with van der Waals surface area (Å²) in [6.45, 7) is 1.64. The number of anilines is 1. The molecule has 2 aromatic carbocycles. The molecule has 0 aromatic heterocycles. The minimum atomic E-state index is -2.01. The van der Waals surface area contributed by atoms with Gasteiger partial charge in [-0.15, -0.1) is 0 Å². The molecule has 0 fully saturated rings. The molecule has 1 atom stereocenters. The quantitative estimate of drug-likeness (QED) is 0.719. The van der Waals surface area contributed by atoms with E-state index in [4.69, 9.17) is 0 Å². The third-order valence-corrected chi connectivity index (χ3v) is 4.73. The smallest absolute Gasteiger partial charge is 0.259 e. The Kier molecular flexibility index (Phi) is 4.04. The number of hydrogen-bond acceptors (Lipinski definition) is 5. The molecule has 1 heterocycles. The molecule has 6 nitrogen and oxygen atoms in total. The highest BCUT2D eigenvalue weighted by Gasteiger charge is 2.54. The van der Waals surface area contributed by atoms with E-state index in [-0.39, 0.29) is 12.0 Å². The maximum atomic E-state index is 13.0. The Morgan fingerprint density at radius 1 is 1.00 bits per heavy atom. The second-order valence-corrected chi connectivity index (χ2v) is 5.87. The van der Waals surface area contributed by atoms with Gasteiger partial charge in [0.25, 0.3) is 5.91 Å². The Morgan fingerprint density at radius 2 is 1.56 bits per heavy atom. The van der Waals surface area contributed by atoms with E-state index in [2.05, 4.69) is 0 Å². The molecule has 1 unspecified atom stereocenters. The standard InChI is InChI=1S/C19H17NO5/c1-2-19(15(17(22)23)18(24)25)14-11-7-6-10-13(14)16(21)20(19)12-8-4-3-5-9-12/h3-11,15H,2H2,1H3,(H,22,23)(H,24,25)/p-2. The van der Waals surface area contributed by atoms with Gasteiger partial charge in [0.15, 0.2) is 0 Å². The summed E-state index contributed by atoms with van der Waals surface area (Å²) >= 11 is 0. The molecular weight excluding hydrogens is 322 g/mol. The van der Waals surface area contributed by atoms with Crippen LogP contribution < -0.4 is 15.1 Å². The van der Waals surface area contributed by atoms with Crippen LogP contribution in [0.1, 0.15) is 29.3 Å². The van der Waals surface area contributed by atoms with Gasteiger partial charge in [0.1, 0.15) is 0 Å². The van der Waals surface area contributed by atoms with Crippen molar-refractivity contribution >= 4 is 23.5 Å². The second-order valence-electron chi connectivity index (χ2n) is 5.87. The number of para-hydroxylation sites is 1. The average molecular weight is 337 g/mol. The predicted molar refractivity (Wildman–Crippen MR) is 85.2 cm³/mol. The van der Waals surface area contributed by atoms with E-state index in [9.17, 15) is 24.6 Å². The number of carboxylic acid groups (broad SMARTS) is 2. The number of nitrogens with zero attached hydrogens (tertiary/aromatic N) is 1. The molecule has 25 heavy (non-hydrogen) atoms. The summed E-state index contributed by atoms with van der Waals surface area (Å²) in [5, 5.41) is 23.4. The van der Waals surface area contributed by atoms with Gasteiger partial charge in [-0.05, 0) is 30.2 Å². The van der Waals surface area contributed by atoms with Gasteiger partial charge in [-0.2, -0.15) is 0 Å². The number of benzene rings is 2. The topological polar surface area (TPSA) is 101 Å². The van der Waals surface area contributed by atoms with Crippen molar-refractivity contribution in [3.05, 3.63) is 65.7 Å². The van der Waals surface area contributed by atoms with Gasteiger partial charge in [-0.25, -0.2) is 0 Å². The van der Waals surface area contributed by atoms with Crippen molar-refractivity contribution in [2.24, 2.45) is 5.92 Å². The van der Waals surface area contributed by atoms with Crippen molar-refractivity contribution in [2.75, 3.05) is 4.90 Å². The molecule has 0 saturated carbocycles. The fraction of sp³-hybridized carbons (Fsp3) is 0.211. The fourth-order valence-electron chi connectivity index (χ4n) is 3.72. The summed E-state index contributed by atoms with van der Waals surface area (Å²) in [4.78, 5) is 37.7. The first kappa shape index (κ1) is 16.7. The van der Waals surface area contributed by atoms with Crippen LogP contribution in [0.4, 0.5) is 5.69 Å². The van der Waals surface area contributed by atoms with Crippen molar-refractivity contribution in [2.45, 2.75) is 18.9 Å². The molecule has 0 bridgehead atoms. The summed E-state index contributed by atoms with van der Waals surface area (Å²) < 4.78 is 0. The molecule has 1 amide bonds. The van der Waals surface area contributed by atoms with Crippen LogP contribution >= 0.6 is 0 Å². The highest BCUT2D eigenvalue weighted by atomic mass is 16.4. The van der Waals surface area contributed by atoms with Crippen molar-refractivity contribution in [3.63, 3.8) is 0 Å². The third-order valence-electron chi connectivity index (χ3n) is 4.73. The van der Waals surface area contributed by atoms with Crippen molar-refractivity contribution in [1.29, 1.82) is 0 Å². The summed E-state index contributed by atoms with van der Waals surface area (Å²) in [5.41, 5.74) is -0.573. The Hall–Kier alpha value is -3.15. The summed E-state index contributed by atoms with van der Waals surface area (Å²) in [7, 11) is 0. The molecule has 0 N–H and O–H groups in total. The van der Waals surface area contributed by atoms with Gasteiger partial charge in [0.05, 0.1) is 23.4 Å². The van der Waals surface area contributed by atoms with Crippen LogP contribution in [0.15, 0.2) is 54.6 Å². The molecule has 1 aliphatic heterocycles. The van der Waals surface area contributed by atoms with Crippen LogP contribution in [0, 0.1) is 5.92 Å². The minimum Gasteiger partial charge on any atom is -0.549 e. The Balaban J connectivity index is 2.36. The lowest BCUT2D eigenvalue weighted by Gasteiger charge is -2.45. The van der Waals surface area contributed by atoms with E-state index >= 15 is 0 Å². The number of rotatable bonds is 5. The number of carboxylic acids is 2. The third kappa shape index (κ3) is 2.29. The van der Waals surface area contributed by atoms with Crippen molar-refractivity contribution in [3.8, 4) is 0 Å². The molecule has 3 rings (SSSR count). The highest BCUT2D eigenvalue weighted by molar-refractivity contribution is 6.14. The number of carbonyl (C=O) groups excluding carboxylic acids is 3. The number of amides is 1. The van der Waals surface area contributed by atoms with Crippen molar-refractivity contribution < 1.29 is 24.6 Å². The summed E-state index contributed by atoms with van der Waals surface area (Å²) in [6.07, 6.45) is 0.0667. The van der Waals surface area contributed by atoms with Crippen LogP contribution in [0.5, 0.6) is 0 Å². The first-order valence-electron chi connectivity index (χ1n) is 7.86. The van der Waals surface area contributed by atoms with Gasteiger partial charge in [0, 0.05) is 11.3 Å². The van der Waals surface area contributed by atoms with Gasteiger partial charge in [0.2, 0.25) is 0 Å². The van der Waals surface area contributed by atoms with Gasteiger partial charge >= 0.3 is 0 Å². The molecule has 1 aliphatic rings. The van der Waals surface area contributed by atoms with E-state index in [1.54, 1.807) is 61.5 Å². The molecule has 6 heteroatoms. The van der Waals surface area contributed by atoms with Crippen LogP contribution in [0.2, 0.25) is 0 Å². The second kappa shape index (κ2) is 6.05. The molecule has 2 aromatic rings. The van der Waals surface area contributed by atoms with Crippen molar-refractivity contribution in [1.82, 2.24) is 0 Å². The van der Waals surface area contributed by atoms with E-state index in [0.29, 0.717) is 11.3 Å². The first-order chi connectivity index (χ1) is 11.9. The van der Waals surface area contributed by atoms with E-state index in [1.807, 2.05) is 0 Å². The molecule has 0 saturated heterocycles. The van der Waals surface area contributed by atoms with E-state index in [0.717, 1.165) is 0 Å². The largest absolute Gasteiger partial charge is 0.549 e. The fourth-order valence-corrected chi connectivity index (χ4v) is 3.72. The lowest BCUT2D eigenvalue weighted by Crippen LogP contribution is -2.60. The van der Waals surface area contributed by atoms with Crippen LogP contribution in [-0.4, -0.2) is 17.8 Å². The SMILES string of the molecule is CCC1(C(C(=O)[O-])C(=O)[O-])c2ccccc2C(=O)N1c1ccccc1. The lowest BCUT2D eigenvalue weighted by atomic mass is 9.75.